The first-order valence-corrected chi connectivity index (χ1v) is 8.96. The Kier molecular flexibility index (Phi) is 3.76. The summed E-state index contributed by atoms with van der Waals surface area (Å²) in [4.78, 5) is 15.4. The molecule has 5 heteroatoms. The predicted octanol–water partition coefficient (Wildman–Crippen LogP) is 5.50. The molecule has 0 bridgehead atoms. The van der Waals surface area contributed by atoms with Crippen molar-refractivity contribution in [2.75, 3.05) is 0 Å². The van der Waals surface area contributed by atoms with E-state index in [1.807, 2.05) is 42.5 Å². The highest BCUT2D eigenvalue weighted by atomic mass is 32.2. The predicted molar refractivity (Wildman–Crippen MR) is 93.1 cm³/mol. The number of allylic oxidation sites excluding steroid dienone is 4. The van der Waals surface area contributed by atoms with E-state index in [-0.39, 0.29) is 11.3 Å². The summed E-state index contributed by atoms with van der Waals surface area (Å²) in [5.41, 5.74) is -0.606. The Hall–Kier alpha value is -2.40. The van der Waals surface area contributed by atoms with Crippen LogP contribution < -0.4 is 0 Å². The lowest BCUT2D eigenvalue weighted by molar-refractivity contribution is -0.137. The second-order valence-electron chi connectivity index (χ2n) is 5.82. The molecule has 0 saturated heterocycles. The van der Waals surface area contributed by atoms with Gasteiger partial charge in [0, 0.05) is 15.4 Å². The highest BCUT2D eigenvalue weighted by molar-refractivity contribution is 8.16. The second-order valence-corrected chi connectivity index (χ2v) is 7.81. The number of halogens is 3. The number of carbonyl (C=O) groups is 1. The molecule has 0 saturated carbocycles. The van der Waals surface area contributed by atoms with Crippen molar-refractivity contribution in [3.05, 3.63) is 84.0 Å². The van der Waals surface area contributed by atoms with E-state index in [0.29, 0.717) is 4.90 Å². The summed E-state index contributed by atoms with van der Waals surface area (Å²) in [7, 11) is -0.565. The summed E-state index contributed by atoms with van der Waals surface area (Å²) in [6.45, 7) is 0. The number of hydrogen-bond donors (Lipinski definition) is 0. The quantitative estimate of drug-likeness (QED) is 0.615. The summed E-state index contributed by atoms with van der Waals surface area (Å²) in [5.74, 6) is -0.763. The number of ketones is 1. The van der Waals surface area contributed by atoms with Crippen LogP contribution in [0.2, 0.25) is 0 Å². The lowest BCUT2D eigenvalue weighted by Crippen LogP contribution is -2.27. The van der Waals surface area contributed by atoms with E-state index in [1.54, 1.807) is 12.2 Å². The fraction of sp³-hybridized carbons (Fsp3) is 0.100. The molecule has 0 amide bonds. The number of fused-ring (bicyclic) bond motifs is 2. The molecule has 0 aromatic heterocycles. The molecular weight excluding hydrogens is 345 g/mol. The van der Waals surface area contributed by atoms with Gasteiger partial charge in [-0.25, -0.2) is 0 Å². The van der Waals surface area contributed by atoms with Crippen molar-refractivity contribution >= 4 is 21.1 Å². The maximum absolute atomic E-state index is 13.1. The Balaban J connectivity index is 2.01. The van der Waals surface area contributed by atoms with Crippen LogP contribution in [-0.2, 0) is 6.18 Å². The van der Waals surface area contributed by atoms with Gasteiger partial charge < -0.3 is 0 Å². The van der Waals surface area contributed by atoms with Crippen molar-refractivity contribution in [1.82, 2.24) is 0 Å². The minimum atomic E-state index is -4.47. The highest BCUT2D eigenvalue weighted by Gasteiger charge is 2.36. The van der Waals surface area contributed by atoms with Crippen LogP contribution in [0.1, 0.15) is 15.9 Å². The van der Waals surface area contributed by atoms with Gasteiger partial charge in [-0.3, -0.25) is 4.79 Å². The Bertz CT molecular complexity index is 953. The van der Waals surface area contributed by atoms with E-state index in [9.17, 15) is 18.0 Å². The molecule has 4 rings (SSSR count). The third-order valence-electron chi connectivity index (χ3n) is 4.27. The van der Waals surface area contributed by atoms with E-state index in [0.717, 1.165) is 21.9 Å². The van der Waals surface area contributed by atoms with Crippen LogP contribution in [0.3, 0.4) is 0 Å². The first-order chi connectivity index (χ1) is 12.0. The van der Waals surface area contributed by atoms with Gasteiger partial charge in [-0.15, -0.1) is 10.5 Å². The van der Waals surface area contributed by atoms with Gasteiger partial charge in [0.05, 0.1) is 11.5 Å². The van der Waals surface area contributed by atoms with E-state index in [2.05, 4.69) is 0 Å². The zero-order valence-electron chi connectivity index (χ0n) is 13.0. The second kappa shape index (κ2) is 5.85. The molecule has 0 N–H and O–H groups in total. The van der Waals surface area contributed by atoms with Crippen LogP contribution in [0, 0.1) is 5.92 Å². The summed E-state index contributed by atoms with van der Waals surface area (Å²) in [6, 6.07) is 13.1. The average Bonchev–Trinajstić information content (AvgIpc) is 2.62. The number of carbonyl (C=O) groups excluding carboxylic acids is 1. The average molecular weight is 358 g/mol. The van der Waals surface area contributed by atoms with Crippen LogP contribution in [-0.4, -0.2) is 10.6 Å². The Morgan fingerprint density at radius 1 is 0.960 bits per heavy atom. The van der Waals surface area contributed by atoms with E-state index >= 15 is 0 Å². The summed E-state index contributed by atoms with van der Waals surface area (Å²) in [6.07, 6.45) is 2.87. The van der Waals surface area contributed by atoms with Gasteiger partial charge in [-0.1, -0.05) is 42.5 Å². The minimum Gasteiger partial charge on any atom is -0.293 e. The largest absolute Gasteiger partial charge is 0.416 e. The van der Waals surface area contributed by atoms with Crippen molar-refractivity contribution in [2.24, 2.45) is 5.92 Å². The van der Waals surface area contributed by atoms with Gasteiger partial charge in [0.1, 0.15) is 0 Å². The van der Waals surface area contributed by atoms with Gasteiger partial charge in [0.2, 0.25) is 0 Å². The molecule has 0 spiro atoms. The van der Waals surface area contributed by atoms with Gasteiger partial charge in [0.25, 0.3) is 0 Å². The molecule has 2 atom stereocenters. The zero-order chi connectivity index (χ0) is 17.6. The zero-order valence-corrected chi connectivity index (χ0v) is 13.8. The van der Waals surface area contributed by atoms with Crippen LogP contribution in [0.4, 0.5) is 13.2 Å². The third kappa shape index (κ3) is 2.68. The van der Waals surface area contributed by atoms with Crippen molar-refractivity contribution in [3.8, 4) is 0 Å². The van der Waals surface area contributed by atoms with Crippen molar-refractivity contribution in [3.63, 3.8) is 0 Å². The minimum absolute atomic E-state index is 0.177. The Morgan fingerprint density at radius 3 is 2.44 bits per heavy atom. The smallest absolute Gasteiger partial charge is 0.293 e. The van der Waals surface area contributed by atoms with E-state index < -0.39 is 28.1 Å². The number of Topliss-reactive ketones (excluding diaryl/α,β-unsaturated/α-hetero) is 1. The fourth-order valence-electron chi connectivity index (χ4n) is 3.13. The van der Waals surface area contributed by atoms with Gasteiger partial charge >= 0.3 is 6.18 Å². The lowest BCUT2D eigenvalue weighted by atomic mass is 9.90. The first kappa shape index (κ1) is 16.1. The van der Waals surface area contributed by atoms with Gasteiger partial charge in [-0.2, -0.15) is 13.2 Å². The molecule has 25 heavy (non-hydrogen) atoms. The molecule has 2 aliphatic rings. The fourth-order valence-corrected chi connectivity index (χ4v) is 5.57. The standard InChI is InChI=1S/C20H13F3OS/c21-20(22,23)13-10-11-18-16(12-13)19(24)15-8-4-5-9-17(15)25(18)14-6-2-1-3-7-14/h1-12,15H. The molecule has 0 radical (unpaired) electrons. The third-order valence-corrected chi connectivity index (χ3v) is 6.67. The number of alkyl halides is 3. The number of benzene rings is 2. The monoisotopic (exact) mass is 358 g/mol. The van der Waals surface area contributed by atoms with Gasteiger partial charge in [0.15, 0.2) is 5.78 Å². The van der Waals surface area contributed by atoms with E-state index in [4.69, 9.17) is 0 Å². The molecule has 0 fully saturated rings. The van der Waals surface area contributed by atoms with Crippen molar-refractivity contribution < 1.29 is 18.0 Å². The van der Waals surface area contributed by atoms with Crippen LogP contribution in [0.15, 0.2) is 82.6 Å². The summed E-state index contributed by atoms with van der Waals surface area (Å²) < 4.78 is 39.3. The lowest BCUT2D eigenvalue weighted by Gasteiger charge is -2.29. The number of rotatable bonds is 1. The Morgan fingerprint density at radius 2 is 1.72 bits per heavy atom. The molecular formula is C20H13F3OS. The molecule has 2 aromatic rings. The molecule has 126 valence electrons. The maximum Gasteiger partial charge on any atom is 0.416 e. The van der Waals surface area contributed by atoms with Crippen LogP contribution >= 0.6 is 10.5 Å². The normalized spacial score (nSPS) is 21.9. The van der Waals surface area contributed by atoms with Crippen LogP contribution in [0.25, 0.3) is 0 Å². The van der Waals surface area contributed by atoms with Crippen LogP contribution in [0.5, 0.6) is 0 Å². The first-order valence-electron chi connectivity index (χ1n) is 7.73. The van der Waals surface area contributed by atoms with Crippen molar-refractivity contribution in [2.45, 2.75) is 16.0 Å². The van der Waals surface area contributed by atoms with Crippen molar-refractivity contribution in [1.29, 1.82) is 0 Å². The summed E-state index contributed by atoms with van der Waals surface area (Å²) >= 11 is 0. The molecule has 1 aliphatic heterocycles. The SMILES string of the molecule is O=C1c2cc(C(F)(F)F)ccc2S(c2ccccc2)=C2C=CC=CC12. The molecule has 1 nitrogen and oxygen atoms in total. The Labute approximate surface area is 145 Å². The van der Waals surface area contributed by atoms with Gasteiger partial charge in [-0.05, 0) is 35.2 Å². The molecule has 2 unspecified atom stereocenters. The summed E-state index contributed by atoms with van der Waals surface area (Å²) in [5, 5.41) is 0. The molecule has 1 heterocycles. The number of hydrogen-bond acceptors (Lipinski definition) is 1. The molecule has 1 aliphatic carbocycles. The highest BCUT2D eigenvalue weighted by Crippen LogP contribution is 2.47. The van der Waals surface area contributed by atoms with E-state index in [1.165, 1.54) is 6.07 Å². The molecule has 2 aromatic carbocycles. The topological polar surface area (TPSA) is 17.1 Å². The maximum atomic E-state index is 13.1.